The second kappa shape index (κ2) is 12.2. The van der Waals surface area contributed by atoms with Crippen LogP contribution in [0.2, 0.25) is 0 Å². The van der Waals surface area contributed by atoms with E-state index in [-0.39, 0.29) is 41.7 Å². The van der Waals surface area contributed by atoms with Gasteiger partial charge in [0.05, 0.1) is 32.5 Å². The number of benzene rings is 3. The molecule has 0 aromatic heterocycles. The van der Waals surface area contributed by atoms with Crippen LogP contribution in [0, 0.1) is 17.7 Å². The summed E-state index contributed by atoms with van der Waals surface area (Å²) >= 11 is 0. The molecular weight excluding hydrogens is 507 g/mol. The lowest BCUT2D eigenvalue weighted by molar-refractivity contribution is -0.159. The first-order chi connectivity index (χ1) is 19.2. The number of carbonyl (C=O) groups is 1. The first kappa shape index (κ1) is 28.5. The van der Waals surface area contributed by atoms with Gasteiger partial charge in [0.15, 0.2) is 0 Å². The van der Waals surface area contributed by atoms with Gasteiger partial charge in [0.1, 0.15) is 18.0 Å². The highest BCUT2D eigenvalue weighted by Crippen LogP contribution is 2.56. The summed E-state index contributed by atoms with van der Waals surface area (Å²) in [6.45, 7) is 7.52. The standard InChI is InChI=1S/C34H39FO5/c1-33(2,3)40-32(36)22-37-17-7-6-10-30-29(21-38-20-24-11-12-25-8-4-5-9-26(25)18-24)31-19-34(30,23-39-31)27-13-15-28(35)16-14-27/h4-9,11-16,18,29-31H,10,17,19-23H2,1-3H3/b7-6+/t29-,30-,31-,34-/m0/s1. The molecule has 1 saturated carbocycles. The maximum atomic E-state index is 13.8. The summed E-state index contributed by atoms with van der Waals surface area (Å²) in [4.78, 5) is 11.9. The molecule has 1 heterocycles. The number of fused-ring (bicyclic) bond motifs is 3. The third-order valence-corrected chi connectivity index (χ3v) is 8.05. The molecule has 4 atom stereocenters. The zero-order chi connectivity index (χ0) is 28.2. The number of hydrogen-bond acceptors (Lipinski definition) is 5. The predicted molar refractivity (Wildman–Crippen MR) is 153 cm³/mol. The molecule has 6 heteroatoms. The summed E-state index contributed by atoms with van der Waals surface area (Å²) in [5.74, 6) is -0.116. The normalized spacial score (nSPS) is 24.2. The highest BCUT2D eigenvalue weighted by molar-refractivity contribution is 5.82. The molecule has 1 saturated heterocycles. The number of carbonyl (C=O) groups excluding carboxylic acids is 1. The molecule has 1 aliphatic carbocycles. The smallest absolute Gasteiger partial charge is 0.332 e. The van der Waals surface area contributed by atoms with Gasteiger partial charge in [-0.3, -0.25) is 0 Å². The number of rotatable bonds is 11. The maximum absolute atomic E-state index is 13.8. The van der Waals surface area contributed by atoms with E-state index in [9.17, 15) is 9.18 Å². The predicted octanol–water partition coefficient (Wildman–Crippen LogP) is 6.77. The van der Waals surface area contributed by atoms with E-state index >= 15 is 0 Å². The molecule has 1 aliphatic heterocycles. The average Bonchev–Trinajstić information content (AvgIpc) is 3.48. The van der Waals surface area contributed by atoms with Gasteiger partial charge in [-0.15, -0.1) is 0 Å². The summed E-state index contributed by atoms with van der Waals surface area (Å²) < 4.78 is 37.2. The van der Waals surface area contributed by atoms with Crippen LogP contribution < -0.4 is 0 Å². The number of allylic oxidation sites excluding steroid dienone is 1. The van der Waals surface area contributed by atoms with E-state index in [4.69, 9.17) is 18.9 Å². The lowest BCUT2D eigenvalue weighted by Crippen LogP contribution is -2.41. The van der Waals surface area contributed by atoms with Gasteiger partial charge in [0.2, 0.25) is 0 Å². The zero-order valence-electron chi connectivity index (χ0n) is 23.6. The molecule has 5 nitrogen and oxygen atoms in total. The summed E-state index contributed by atoms with van der Waals surface area (Å²) in [7, 11) is 0. The molecule has 0 radical (unpaired) electrons. The molecule has 0 unspecified atom stereocenters. The van der Waals surface area contributed by atoms with Crippen molar-refractivity contribution in [2.24, 2.45) is 11.8 Å². The van der Waals surface area contributed by atoms with Crippen molar-refractivity contribution in [3.05, 3.63) is 95.8 Å². The van der Waals surface area contributed by atoms with Crippen molar-refractivity contribution in [3.8, 4) is 0 Å². The zero-order valence-corrected chi connectivity index (χ0v) is 23.6. The van der Waals surface area contributed by atoms with E-state index in [0.717, 1.165) is 24.0 Å². The van der Waals surface area contributed by atoms with Crippen LogP contribution in [0.3, 0.4) is 0 Å². The van der Waals surface area contributed by atoms with Gasteiger partial charge in [-0.2, -0.15) is 0 Å². The van der Waals surface area contributed by atoms with Crippen LogP contribution in [-0.2, 0) is 35.8 Å². The van der Waals surface area contributed by atoms with Gasteiger partial charge in [-0.1, -0.05) is 60.7 Å². The lowest BCUT2D eigenvalue weighted by atomic mass is 9.69. The largest absolute Gasteiger partial charge is 0.458 e. The van der Waals surface area contributed by atoms with E-state index in [1.54, 1.807) is 12.1 Å². The third kappa shape index (κ3) is 6.63. The molecule has 40 heavy (non-hydrogen) atoms. The highest BCUT2D eigenvalue weighted by atomic mass is 19.1. The molecule has 3 aromatic carbocycles. The Hall–Kier alpha value is -3.06. The van der Waals surface area contributed by atoms with Crippen LogP contribution in [0.1, 0.15) is 44.7 Å². The fourth-order valence-electron chi connectivity index (χ4n) is 6.29. The van der Waals surface area contributed by atoms with Gasteiger partial charge < -0.3 is 18.9 Å². The SMILES string of the molecule is CC(C)(C)OC(=O)COC/C=C/C[C@H]1[C@H](COCc2ccc3ccccc3c2)[C@@H]2C[C@@]1(c1ccc(F)cc1)CO2. The Balaban J connectivity index is 1.23. The fourth-order valence-corrected chi connectivity index (χ4v) is 6.29. The maximum Gasteiger partial charge on any atom is 0.332 e. The first-order valence-electron chi connectivity index (χ1n) is 14.1. The Bertz CT molecular complexity index is 1330. The molecule has 2 fully saturated rings. The summed E-state index contributed by atoms with van der Waals surface area (Å²) in [6.07, 6.45) is 5.90. The van der Waals surface area contributed by atoms with Crippen molar-refractivity contribution in [1.29, 1.82) is 0 Å². The van der Waals surface area contributed by atoms with E-state index in [2.05, 4.69) is 42.5 Å². The van der Waals surface area contributed by atoms with Crippen LogP contribution in [0.4, 0.5) is 4.39 Å². The van der Waals surface area contributed by atoms with Crippen LogP contribution in [-0.4, -0.2) is 44.1 Å². The van der Waals surface area contributed by atoms with Crippen molar-refractivity contribution in [1.82, 2.24) is 0 Å². The highest BCUT2D eigenvalue weighted by Gasteiger charge is 2.59. The van der Waals surface area contributed by atoms with Crippen LogP contribution in [0.5, 0.6) is 0 Å². The molecular formula is C34H39FO5. The van der Waals surface area contributed by atoms with Gasteiger partial charge >= 0.3 is 5.97 Å². The molecule has 0 N–H and O–H groups in total. The first-order valence-corrected chi connectivity index (χ1v) is 14.1. The molecule has 2 bridgehead atoms. The molecule has 0 amide bonds. The fraction of sp³-hybridized carbons (Fsp3) is 0.441. The Morgan fingerprint density at radius 2 is 1.80 bits per heavy atom. The Morgan fingerprint density at radius 1 is 1.02 bits per heavy atom. The van der Waals surface area contributed by atoms with Crippen LogP contribution >= 0.6 is 0 Å². The van der Waals surface area contributed by atoms with Crippen molar-refractivity contribution >= 4 is 16.7 Å². The molecule has 2 aliphatic rings. The minimum absolute atomic E-state index is 0.0777. The van der Waals surface area contributed by atoms with Crippen molar-refractivity contribution in [2.45, 2.75) is 57.3 Å². The second-order valence-electron chi connectivity index (χ2n) is 12.0. The van der Waals surface area contributed by atoms with Crippen molar-refractivity contribution < 1.29 is 28.1 Å². The second-order valence-corrected chi connectivity index (χ2v) is 12.0. The van der Waals surface area contributed by atoms with Crippen molar-refractivity contribution in [2.75, 3.05) is 26.4 Å². The summed E-state index contributed by atoms with van der Waals surface area (Å²) in [6, 6.07) is 21.7. The Kier molecular flexibility index (Phi) is 8.69. The average molecular weight is 547 g/mol. The number of halogens is 1. The van der Waals surface area contributed by atoms with E-state index in [1.807, 2.05) is 45.0 Å². The van der Waals surface area contributed by atoms with Crippen LogP contribution in [0.25, 0.3) is 10.8 Å². The number of ether oxygens (including phenoxy) is 4. The summed E-state index contributed by atoms with van der Waals surface area (Å²) in [5, 5.41) is 2.43. The van der Waals surface area contributed by atoms with Crippen molar-refractivity contribution in [3.63, 3.8) is 0 Å². The van der Waals surface area contributed by atoms with Gasteiger partial charge in [0, 0.05) is 11.3 Å². The third-order valence-electron chi connectivity index (χ3n) is 8.05. The quantitative estimate of drug-likeness (QED) is 0.151. The minimum atomic E-state index is -0.528. The van der Waals surface area contributed by atoms with Crippen LogP contribution in [0.15, 0.2) is 78.9 Å². The monoisotopic (exact) mass is 546 g/mol. The summed E-state index contributed by atoms with van der Waals surface area (Å²) in [5.41, 5.74) is 1.56. The molecule has 5 rings (SSSR count). The van der Waals surface area contributed by atoms with E-state index < -0.39 is 5.60 Å². The van der Waals surface area contributed by atoms with Gasteiger partial charge in [-0.25, -0.2) is 9.18 Å². The number of hydrogen-bond donors (Lipinski definition) is 0. The molecule has 3 aromatic rings. The lowest BCUT2D eigenvalue weighted by Gasteiger charge is -2.39. The molecule has 212 valence electrons. The van der Waals surface area contributed by atoms with Gasteiger partial charge in [0.25, 0.3) is 0 Å². The van der Waals surface area contributed by atoms with E-state index in [0.29, 0.717) is 26.4 Å². The van der Waals surface area contributed by atoms with E-state index in [1.165, 1.54) is 10.8 Å². The Morgan fingerprint density at radius 3 is 2.58 bits per heavy atom. The minimum Gasteiger partial charge on any atom is -0.458 e. The topological polar surface area (TPSA) is 54.0 Å². The Labute approximate surface area is 236 Å². The molecule has 0 spiro atoms. The van der Waals surface area contributed by atoms with Gasteiger partial charge in [-0.05, 0) is 79.6 Å². The number of esters is 1.